The Labute approximate surface area is 142 Å². The van der Waals surface area contributed by atoms with Crippen molar-refractivity contribution in [2.45, 2.75) is 9.79 Å². The van der Waals surface area contributed by atoms with E-state index in [0.29, 0.717) is 0 Å². The van der Waals surface area contributed by atoms with Gasteiger partial charge in [-0.05, 0) is 24.3 Å². The second-order valence-corrected chi connectivity index (χ2v) is 7.62. The summed E-state index contributed by atoms with van der Waals surface area (Å²) in [4.78, 5) is 10.9. The van der Waals surface area contributed by atoms with Crippen LogP contribution in [0.1, 0.15) is 10.4 Å². The minimum Gasteiger partial charge on any atom is -0.504 e. The number of carbonyl (C=O) groups excluding carboxylic acids is 1. The molecule has 0 radical (unpaired) electrons. The number of hydrogen-bond acceptors (Lipinski definition) is 7. The average Bonchev–Trinajstić information content (AvgIpc) is 2.49. The molecule has 0 heterocycles. The maximum atomic E-state index is 12.3. The van der Waals surface area contributed by atoms with Crippen LogP contribution in [0.15, 0.2) is 46.2 Å². The molecule has 0 spiro atoms. The van der Waals surface area contributed by atoms with Crippen LogP contribution in [0.5, 0.6) is 5.75 Å². The number of hydrogen-bond donors (Lipinski definition) is 5. The molecular weight excluding hydrogens is 376 g/mol. The minimum absolute atomic E-state index is 0.450. The minimum atomic E-state index is -4.70. The van der Waals surface area contributed by atoms with Crippen LogP contribution in [0.25, 0.3) is 0 Å². The van der Waals surface area contributed by atoms with E-state index in [-0.39, 0.29) is 0 Å². The van der Waals surface area contributed by atoms with E-state index in [1.807, 2.05) is 0 Å². The highest BCUT2D eigenvalue weighted by atomic mass is 32.2. The largest absolute Gasteiger partial charge is 0.504 e. The van der Waals surface area contributed by atoms with Crippen molar-refractivity contribution < 1.29 is 35.8 Å². The Morgan fingerprint density at radius 3 is 2.16 bits per heavy atom. The lowest BCUT2D eigenvalue weighted by atomic mass is 10.2. The van der Waals surface area contributed by atoms with Crippen molar-refractivity contribution in [2.24, 2.45) is 0 Å². The summed E-state index contributed by atoms with van der Waals surface area (Å²) in [6.07, 6.45) is 0. The van der Waals surface area contributed by atoms with Crippen LogP contribution in [0.4, 0.5) is 11.4 Å². The fraction of sp³-hybridized carbons (Fsp3) is 0. The SMILES string of the molecule is Nc1cc(S(=O)(=O)O)cc(NC(=O)c2ccccc2S(=O)(=O)O)c1O. The van der Waals surface area contributed by atoms with E-state index in [9.17, 15) is 26.7 Å². The van der Waals surface area contributed by atoms with Gasteiger partial charge in [-0.1, -0.05) is 12.1 Å². The lowest BCUT2D eigenvalue weighted by molar-refractivity contribution is 0.102. The van der Waals surface area contributed by atoms with Gasteiger partial charge in [0.1, 0.15) is 4.90 Å². The third kappa shape index (κ3) is 4.06. The van der Waals surface area contributed by atoms with Gasteiger partial charge in [-0.3, -0.25) is 13.9 Å². The quantitative estimate of drug-likeness (QED) is 0.286. The third-order valence-corrected chi connectivity index (χ3v) is 4.81. The van der Waals surface area contributed by atoms with Gasteiger partial charge in [-0.2, -0.15) is 16.8 Å². The molecule has 0 bridgehead atoms. The van der Waals surface area contributed by atoms with E-state index in [4.69, 9.17) is 14.8 Å². The molecule has 0 fully saturated rings. The maximum absolute atomic E-state index is 12.3. The van der Waals surface area contributed by atoms with Crippen LogP contribution in [-0.2, 0) is 20.2 Å². The number of nitrogens with one attached hydrogen (secondary N) is 1. The number of anilines is 2. The van der Waals surface area contributed by atoms with Crippen molar-refractivity contribution in [1.82, 2.24) is 0 Å². The Morgan fingerprint density at radius 1 is 1.00 bits per heavy atom. The molecule has 0 saturated heterocycles. The summed E-state index contributed by atoms with van der Waals surface area (Å²) in [5.41, 5.74) is 4.03. The molecule has 0 aliphatic carbocycles. The molecule has 0 aromatic heterocycles. The van der Waals surface area contributed by atoms with Crippen molar-refractivity contribution >= 4 is 37.5 Å². The zero-order valence-corrected chi connectivity index (χ0v) is 13.9. The summed E-state index contributed by atoms with van der Waals surface area (Å²) in [6.45, 7) is 0. The second-order valence-electron chi connectivity index (χ2n) is 4.81. The zero-order valence-electron chi connectivity index (χ0n) is 12.2. The zero-order chi connectivity index (χ0) is 19.0. The summed E-state index contributed by atoms with van der Waals surface area (Å²) in [5, 5.41) is 11.9. The van der Waals surface area contributed by atoms with Gasteiger partial charge in [0.25, 0.3) is 26.1 Å². The topological polar surface area (TPSA) is 184 Å². The van der Waals surface area contributed by atoms with Crippen molar-refractivity contribution in [1.29, 1.82) is 0 Å². The van der Waals surface area contributed by atoms with E-state index in [2.05, 4.69) is 5.32 Å². The van der Waals surface area contributed by atoms with Gasteiger partial charge in [0.15, 0.2) is 5.75 Å². The molecule has 1 amide bonds. The van der Waals surface area contributed by atoms with Crippen molar-refractivity contribution in [3.8, 4) is 5.75 Å². The number of nitrogens with two attached hydrogens (primary N) is 1. The number of rotatable bonds is 4. The van der Waals surface area contributed by atoms with Crippen LogP contribution in [0.2, 0.25) is 0 Å². The van der Waals surface area contributed by atoms with Gasteiger partial charge >= 0.3 is 0 Å². The first-order valence-electron chi connectivity index (χ1n) is 6.39. The first kappa shape index (κ1) is 18.7. The Hall–Kier alpha value is -2.67. The first-order chi connectivity index (χ1) is 11.4. The molecule has 0 saturated carbocycles. The average molecular weight is 388 g/mol. The molecule has 25 heavy (non-hydrogen) atoms. The van der Waals surface area contributed by atoms with Gasteiger partial charge in [0, 0.05) is 0 Å². The molecule has 2 aromatic carbocycles. The van der Waals surface area contributed by atoms with Gasteiger partial charge in [-0.15, -0.1) is 0 Å². The third-order valence-electron chi connectivity index (χ3n) is 3.07. The highest BCUT2D eigenvalue weighted by molar-refractivity contribution is 7.86. The number of phenolic OH excluding ortho intramolecular Hbond substituents is 1. The summed E-state index contributed by atoms with van der Waals surface area (Å²) in [5.74, 6) is -1.76. The Balaban J connectivity index is 2.52. The van der Waals surface area contributed by atoms with E-state index >= 15 is 0 Å². The number of amides is 1. The fourth-order valence-electron chi connectivity index (χ4n) is 1.94. The van der Waals surface area contributed by atoms with Crippen LogP contribution in [0, 0.1) is 0 Å². The van der Waals surface area contributed by atoms with E-state index < -0.39 is 58.6 Å². The molecule has 134 valence electrons. The molecule has 0 aliphatic rings. The summed E-state index contributed by atoms with van der Waals surface area (Å²) in [7, 11) is -9.38. The molecule has 0 aliphatic heterocycles. The van der Waals surface area contributed by atoms with E-state index in [0.717, 1.165) is 24.3 Å². The van der Waals surface area contributed by atoms with Crippen LogP contribution in [0.3, 0.4) is 0 Å². The van der Waals surface area contributed by atoms with Crippen molar-refractivity contribution in [3.63, 3.8) is 0 Å². The van der Waals surface area contributed by atoms with Gasteiger partial charge < -0.3 is 16.2 Å². The van der Waals surface area contributed by atoms with Crippen LogP contribution in [-0.4, -0.2) is 37.0 Å². The Morgan fingerprint density at radius 2 is 1.60 bits per heavy atom. The molecule has 6 N–H and O–H groups in total. The summed E-state index contributed by atoms with van der Waals surface area (Å²) < 4.78 is 63.2. The number of benzene rings is 2. The predicted molar refractivity (Wildman–Crippen MR) is 86.5 cm³/mol. The fourth-order valence-corrected chi connectivity index (χ4v) is 3.17. The predicted octanol–water partition coefficient (Wildman–Crippen LogP) is 0.720. The molecule has 2 rings (SSSR count). The maximum Gasteiger partial charge on any atom is 0.295 e. The number of nitrogen functional groups attached to an aromatic ring is 1. The van der Waals surface area contributed by atoms with Gasteiger partial charge in [0.2, 0.25) is 0 Å². The van der Waals surface area contributed by atoms with Crippen molar-refractivity contribution in [3.05, 3.63) is 42.0 Å². The van der Waals surface area contributed by atoms with Crippen LogP contribution >= 0.6 is 0 Å². The highest BCUT2D eigenvalue weighted by Gasteiger charge is 2.22. The summed E-state index contributed by atoms with van der Waals surface area (Å²) >= 11 is 0. The van der Waals surface area contributed by atoms with E-state index in [1.54, 1.807) is 0 Å². The lowest BCUT2D eigenvalue weighted by Crippen LogP contribution is -2.17. The lowest BCUT2D eigenvalue weighted by Gasteiger charge is -2.12. The molecule has 0 atom stereocenters. The first-order valence-corrected chi connectivity index (χ1v) is 9.27. The molecule has 0 unspecified atom stereocenters. The van der Waals surface area contributed by atoms with Gasteiger partial charge in [-0.25, -0.2) is 0 Å². The summed E-state index contributed by atoms with van der Waals surface area (Å²) in [6, 6.07) is 6.17. The molecule has 10 nitrogen and oxygen atoms in total. The number of aromatic hydroxyl groups is 1. The smallest absolute Gasteiger partial charge is 0.295 e. The van der Waals surface area contributed by atoms with Crippen molar-refractivity contribution in [2.75, 3.05) is 11.1 Å². The molecular formula is C13H12N2O8S2. The highest BCUT2D eigenvalue weighted by Crippen LogP contribution is 2.33. The Kier molecular flexibility index (Phi) is 4.72. The van der Waals surface area contributed by atoms with Gasteiger partial charge in [0.05, 0.1) is 21.8 Å². The second kappa shape index (κ2) is 6.33. The van der Waals surface area contributed by atoms with Crippen LogP contribution < -0.4 is 11.1 Å². The number of carbonyl (C=O) groups is 1. The van der Waals surface area contributed by atoms with E-state index in [1.165, 1.54) is 12.1 Å². The standard InChI is InChI=1S/C13H12N2O8S2/c14-9-5-7(24(18,19)20)6-10(12(9)16)15-13(17)8-3-1-2-4-11(8)25(21,22)23/h1-6,16H,14H2,(H,15,17)(H,18,19,20)(H,21,22,23). The molecule has 2 aromatic rings. The monoisotopic (exact) mass is 388 g/mol. The number of phenols is 1. The Bertz CT molecular complexity index is 1060. The molecule has 12 heteroatoms. The normalized spacial score (nSPS) is 11.9.